The van der Waals surface area contributed by atoms with Gasteiger partial charge in [0.15, 0.2) is 0 Å². The van der Waals surface area contributed by atoms with Gasteiger partial charge < -0.3 is 14.8 Å². The molecule has 106 valence electrons. The molecule has 1 heterocycles. The predicted molar refractivity (Wildman–Crippen MR) is 82.7 cm³/mol. The van der Waals surface area contributed by atoms with Crippen molar-refractivity contribution in [3.05, 3.63) is 44.6 Å². The number of rotatable bonds is 5. The molecule has 4 nitrogen and oxygen atoms in total. The molecule has 6 heteroatoms. The van der Waals surface area contributed by atoms with E-state index in [4.69, 9.17) is 9.47 Å². The summed E-state index contributed by atoms with van der Waals surface area (Å²) in [5.74, 6) is 0.763. The Bertz CT molecular complexity index is 590. The average Bonchev–Trinajstić information content (AvgIpc) is 2.89. The summed E-state index contributed by atoms with van der Waals surface area (Å²) in [6.07, 6.45) is 0. The van der Waals surface area contributed by atoms with E-state index < -0.39 is 0 Å². The molecule has 1 N–H and O–H groups in total. The molecule has 0 spiro atoms. The Labute approximate surface area is 129 Å². The number of carbonyl (C=O) groups is 1. The van der Waals surface area contributed by atoms with E-state index in [2.05, 4.69) is 21.2 Å². The van der Waals surface area contributed by atoms with Crippen molar-refractivity contribution in [1.29, 1.82) is 0 Å². The fourth-order valence-electron chi connectivity index (χ4n) is 1.78. The first-order chi connectivity index (χ1) is 9.67. The second-order valence-electron chi connectivity index (χ2n) is 3.91. The Morgan fingerprint density at radius 3 is 2.40 bits per heavy atom. The molecular formula is C14H14BrNO3S. The van der Waals surface area contributed by atoms with Crippen molar-refractivity contribution >= 4 is 33.2 Å². The number of amides is 1. The zero-order valence-electron chi connectivity index (χ0n) is 11.1. The topological polar surface area (TPSA) is 47.6 Å². The molecule has 0 aliphatic rings. The van der Waals surface area contributed by atoms with Crippen LogP contribution in [0.3, 0.4) is 0 Å². The van der Waals surface area contributed by atoms with Gasteiger partial charge in [-0.05, 0) is 39.5 Å². The largest absolute Gasteiger partial charge is 0.496 e. The molecule has 1 aromatic heterocycles. The van der Waals surface area contributed by atoms with Gasteiger partial charge in [-0.3, -0.25) is 4.79 Å². The van der Waals surface area contributed by atoms with Crippen LogP contribution in [-0.2, 0) is 6.54 Å². The number of methoxy groups -OCH3 is 2. The van der Waals surface area contributed by atoms with Gasteiger partial charge >= 0.3 is 0 Å². The maximum absolute atomic E-state index is 12.3. The van der Waals surface area contributed by atoms with Crippen molar-refractivity contribution < 1.29 is 14.3 Å². The van der Waals surface area contributed by atoms with E-state index >= 15 is 0 Å². The lowest BCUT2D eigenvalue weighted by Crippen LogP contribution is -2.23. The van der Waals surface area contributed by atoms with Gasteiger partial charge in [-0.25, -0.2) is 0 Å². The maximum atomic E-state index is 12.3. The van der Waals surface area contributed by atoms with Crippen LogP contribution in [0.5, 0.6) is 11.5 Å². The van der Waals surface area contributed by atoms with Crippen molar-refractivity contribution in [2.75, 3.05) is 14.2 Å². The Hall–Kier alpha value is -1.53. The van der Waals surface area contributed by atoms with Gasteiger partial charge in [0.1, 0.15) is 17.1 Å². The highest BCUT2D eigenvalue weighted by Gasteiger charge is 2.18. The summed E-state index contributed by atoms with van der Waals surface area (Å²) < 4.78 is 11.4. The smallest absolute Gasteiger partial charge is 0.259 e. The van der Waals surface area contributed by atoms with Crippen molar-refractivity contribution in [2.45, 2.75) is 6.54 Å². The normalized spacial score (nSPS) is 10.2. The van der Waals surface area contributed by atoms with E-state index in [1.807, 2.05) is 11.4 Å². The van der Waals surface area contributed by atoms with E-state index in [0.29, 0.717) is 23.6 Å². The molecule has 0 aliphatic heterocycles. The minimum atomic E-state index is -0.223. The molecule has 0 saturated carbocycles. The number of thiophene rings is 1. The lowest BCUT2D eigenvalue weighted by Gasteiger charge is -2.12. The first-order valence-electron chi connectivity index (χ1n) is 5.88. The minimum Gasteiger partial charge on any atom is -0.496 e. The summed E-state index contributed by atoms with van der Waals surface area (Å²) >= 11 is 5.02. The molecule has 0 fully saturated rings. The van der Waals surface area contributed by atoms with Gasteiger partial charge in [-0.2, -0.15) is 0 Å². The molecule has 2 aromatic rings. The maximum Gasteiger partial charge on any atom is 0.259 e. The van der Waals surface area contributed by atoms with E-state index in [9.17, 15) is 4.79 Å². The Morgan fingerprint density at radius 2 is 1.90 bits per heavy atom. The van der Waals surface area contributed by atoms with Gasteiger partial charge in [-0.1, -0.05) is 6.07 Å². The summed E-state index contributed by atoms with van der Waals surface area (Å²) in [7, 11) is 3.06. The summed E-state index contributed by atoms with van der Waals surface area (Å²) in [6.45, 7) is 0.457. The SMILES string of the molecule is COc1cccc(OC)c1C(=O)NCc1sccc1Br. The standard InChI is InChI=1S/C14H14BrNO3S/c1-18-10-4-3-5-11(19-2)13(10)14(17)16-8-12-9(15)6-7-20-12/h3-7H,8H2,1-2H3,(H,16,17). The van der Waals surface area contributed by atoms with Gasteiger partial charge in [0.05, 0.1) is 20.8 Å². The molecule has 0 aliphatic carbocycles. The first-order valence-corrected chi connectivity index (χ1v) is 7.55. The highest BCUT2D eigenvalue weighted by atomic mass is 79.9. The first kappa shape index (κ1) is 14.9. The number of carbonyl (C=O) groups excluding carboxylic acids is 1. The zero-order valence-corrected chi connectivity index (χ0v) is 13.5. The monoisotopic (exact) mass is 355 g/mol. The van der Waals surface area contributed by atoms with Crippen molar-refractivity contribution in [3.63, 3.8) is 0 Å². The van der Waals surface area contributed by atoms with Crippen molar-refractivity contribution in [2.24, 2.45) is 0 Å². The molecule has 20 heavy (non-hydrogen) atoms. The van der Waals surface area contributed by atoms with Crippen LogP contribution in [0.2, 0.25) is 0 Å². The summed E-state index contributed by atoms with van der Waals surface area (Å²) in [5.41, 5.74) is 0.408. The molecule has 1 aromatic carbocycles. The molecule has 0 atom stereocenters. The molecule has 0 bridgehead atoms. The van der Waals surface area contributed by atoms with E-state index in [-0.39, 0.29) is 5.91 Å². The fourth-order valence-corrected chi connectivity index (χ4v) is 3.21. The minimum absolute atomic E-state index is 0.223. The van der Waals surface area contributed by atoms with E-state index in [0.717, 1.165) is 9.35 Å². The quantitative estimate of drug-likeness (QED) is 0.893. The summed E-state index contributed by atoms with van der Waals surface area (Å²) in [6, 6.07) is 7.21. The third-order valence-corrected chi connectivity index (χ3v) is 4.68. The van der Waals surface area contributed by atoms with Crippen molar-refractivity contribution in [1.82, 2.24) is 5.32 Å². The summed E-state index contributed by atoms with van der Waals surface area (Å²) in [4.78, 5) is 13.4. The Balaban J connectivity index is 2.18. The Morgan fingerprint density at radius 1 is 1.25 bits per heavy atom. The van der Waals surface area contributed by atoms with Crippen LogP contribution >= 0.6 is 27.3 Å². The fraction of sp³-hybridized carbons (Fsp3) is 0.214. The molecular weight excluding hydrogens is 342 g/mol. The predicted octanol–water partition coefficient (Wildman–Crippen LogP) is 3.46. The van der Waals surface area contributed by atoms with E-state index in [1.54, 1.807) is 29.5 Å². The van der Waals surface area contributed by atoms with E-state index in [1.165, 1.54) is 14.2 Å². The lowest BCUT2D eigenvalue weighted by molar-refractivity contribution is 0.0945. The van der Waals surface area contributed by atoms with Crippen LogP contribution in [-0.4, -0.2) is 20.1 Å². The van der Waals surface area contributed by atoms with Gasteiger partial charge in [-0.15, -0.1) is 11.3 Å². The van der Waals surface area contributed by atoms with Gasteiger partial charge in [0, 0.05) is 9.35 Å². The van der Waals surface area contributed by atoms with Crippen LogP contribution < -0.4 is 14.8 Å². The third kappa shape index (κ3) is 3.13. The number of benzene rings is 1. The van der Waals surface area contributed by atoms with Crippen LogP contribution in [0, 0.1) is 0 Å². The molecule has 0 saturated heterocycles. The molecule has 0 unspecified atom stereocenters. The third-order valence-electron chi connectivity index (χ3n) is 2.76. The van der Waals surface area contributed by atoms with Crippen molar-refractivity contribution in [3.8, 4) is 11.5 Å². The average molecular weight is 356 g/mol. The van der Waals surface area contributed by atoms with Gasteiger partial charge in [0.2, 0.25) is 0 Å². The second-order valence-corrected chi connectivity index (χ2v) is 5.77. The van der Waals surface area contributed by atoms with Crippen LogP contribution in [0.1, 0.15) is 15.2 Å². The zero-order chi connectivity index (χ0) is 14.5. The number of ether oxygens (including phenoxy) is 2. The summed E-state index contributed by atoms with van der Waals surface area (Å²) in [5, 5.41) is 4.84. The van der Waals surface area contributed by atoms with Gasteiger partial charge in [0.25, 0.3) is 5.91 Å². The molecule has 0 radical (unpaired) electrons. The number of hydrogen-bond donors (Lipinski definition) is 1. The number of hydrogen-bond acceptors (Lipinski definition) is 4. The molecule has 1 amide bonds. The van der Waals surface area contributed by atoms with Crippen LogP contribution in [0.4, 0.5) is 0 Å². The highest BCUT2D eigenvalue weighted by molar-refractivity contribution is 9.10. The lowest BCUT2D eigenvalue weighted by atomic mass is 10.1. The Kier molecular flexibility index (Phi) is 5.03. The van der Waals surface area contributed by atoms with Crippen LogP contribution in [0.25, 0.3) is 0 Å². The highest BCUT2D eigenvalue weighted by Crippen LogP contribution is 2.28. The second kappa shape index (κ2) is 6.76. The molecule has 2 rings (SSSR count). The van der Waals surface area contributed by atoms with Crippen LogP contribution in [0.15, 0.2) is 34.1 Å². The number of halogens is 1. The number of nitrogens with one attached hydrogen (secondary N) is 1.